The molecule has 0 spiro atoms. The van der Waals surface area contributed by atoms with Gasteiger partial charge in [0, 0.05) is 43.2 Å². The van der Waals surface area contributed by atoms with Crippen LogP contribution in [0.15, 0.2) is 48.5 Å². The molecule has 0 aliphatic carbocycles. The minimum Gasteiger partial charge on any atom is -0.334 e. The van der Waals surface area contributed by atoms with Gasteiger partial charge in [0.1, 0.15) is 0 Å². The number of amides is 1. The van der Waals surface area contributed by atoms with E-state index in [9.17, 15) is 13.6 Å². The number of carbonyl (C=O) groups excluding carboxylic acids is 1. The fourth-order valence-corrected chi connectivity index (χ4v) is 4.67. The van der Waals surface area contributed by atoms with Gasteiger partial charge in [-0.1, -0.05) is 32.0 Å². The first-order valence-corrected chi connectivity index (χ1v) is 12.1. The average Bonchev–Trinajstić information content (AvgIpc) is 3.33. The molecule has 0 saturated carbocycles. The summed E-state index contributed by atoms with van der Waals surface area (Å²) in [6.07, 6.45) is 1.93. The van der Waals surface area contributed by atoms with Crippen LogP contribution in [0.3, 0.4) is 0 Å². The summed E-state index contributed by atoms with van der Waals surface area (Å²) >= 11 is 0. The average molecular weight is 467 g/mol. The van der Waals surface area contributed by atoms with Crippen molar-refractivity contribution in [1.29, 1.82) is 0 Å². The molecule has 1 atom stereocenters. The number of hydrogen-bond donors (Lipinski definition) is 1. The number of benzene rings is 2. The Balaban J connectivity index is 1.58. The van der Waals surface area contributed by atoms with Gasteiger partial charge >= 0.3 is 0 Å². The molecule has 1 saturated heterocycles. The summed E-state index contributed by atoms with van der Waals surface area (Å²) in [6.45, 7) is 9.72. The van der Waals surface area contributed by atoms with Crippen molar-refractivity contribution < 1.29 is 13.6 Å². The van der Waals surface area contributed by atoms with Crippen LogP contribution in [0.2, 0.25) is 0 Å². The molecule has 0 radical (unpaired) electrons. The first-order chi connectivity index (χ1) is 16.5. The van der Waals surface area contributed by atoms with Crippen LogP contribution < -0.4 is 5.32 Å². The summed E-state index contributed by atoms with van der Waals surface area (Å²) in [5, 5.41) is 4.29. The Kier molecular flexibility index (Phi) is 7.85. The molecule has 7 heteroatoms. The van der Waals surface area contributed by atoms with E-state index in [4.69, 9.17) is 0 Å². The minimum atomic E-state index is -0.935. The van der Waals surface area contributed by atoms with Crippen LogP contribution in [-0.2, 0) is 0 Å². The number of likely N-dealkylation sites (N-methyl/N-ethyl adjacent to an activating group) is 1. The van der Waals surface area contributed by atoms with E-state index in [2.05, 4.69) is 29.0 Å². The number of pyridine rings is 1. The Morgan fingerprint density at radius 2 is 1.91 bits per heavy atom. The molecule has 1 amide bonds. The van der Waals surface area contributed by atoms with E-state index in [1.54, 1.807) is 6.07 Å². The predicted octanol–water partition coefficient (Wildman–Crippen LogP) is 4.72. The van der Waals surface area contributed by atoms with Gasteiger partial charge in [0.05, 0.1) is 16.8 Å². The number of hydrogen-bond acceptors (Lipinski definition) is 4. The topological polar surface area (TPSA) is 48.5 Å². The third-order valence-corrected chi connectivity index (χ3v) is 6.68. The fraction of sp³-hybridized carbons (Fsp3) is 0.407. The number of rotatable bonds is 9. The summed E-state index contributed by atoms with van der Waals surface area (Å²) in [4.78, 5) is 22.7. The first-order valence-electron chi connectivity index (χ1n) is 12.1. The zero-order valence-corrected chi connectivity index (χ0v) is 19.9. The standard InChI is InChI=1S/C27H32F2N4O/c1-3-32(4-2)15-13-30-18-20-8-7-14-33(20)27(34)22-17-26(19-11-12-23(28)24(29)16-19)31-25-10-6-5-9-21(22)25/h5-6,9-12,16-17,20,30H,3-4,7-8,13-15,18H2,1-2H3/t20-/m1/s1. The molecule has 4 rings (SSSR count). The van der Waals surface area contributed by atoms with Gasteiger partial charge in [-0.15, -0.1) is 0 Å². The largest absolute Gasteiger partial charge is 0.334 e. The van der Waals surface area contributed by atoms with E-state index in [-0.39, 0.29) is 11.9 Å². The van der Waals surface area contributed by atoms with Crippen molar-refractivity contribution in [3.8, 4) is 11.3 Å². The van der Waals surface area contributed by atoms with Crippen molar-refractivity contribution in [2.24, 2.45) is 0 Å². The van der Waals surface area contributed by atoms with Crippen LogP contribution in [0.25, 0.3) is 22.2 Å². The highest BCUT2D eigenvalue weighted by atomic mass is 19.2. The lowest BCUT2D eigenvalue weighted by atomic mass is 10.0. The quantitative estimate of drug-likeness (QED) is 0.464. The lowest BCUT2D eigenvalue weighted by molar-refractivity contribution is 0.0737. The Hall–Kier alpha value is -2.90. The number of carbonyl (C=O) groups is 1. The molecule has 1 aliphatic heterocycles. The number of nitrogens with one attached hydrogen (secondary N) is 1. The summed E-state index contributed by atoms with van der Waals surface area (Å²) in [5.74, 6) is -1.89. The van der Waals surface area contributed by atoms with E-state index in [0.29, 0.717) is 28.9 Å². The maximum Gasteiger partial charge on any atom is 0.254 e. The summed E-state index contributed by atoms with van der Waals surface area (Å²) in [5.41, 5.74) is 2.09. The van der Waals surface area contributed by atoms with Crippen molar-refractivity contribution in [2.45, 2.75) is 32.7 Å². The molecule has 1 N–H and O–H groups in total. The minimum absolute atomic E-state index is 0.0459. The van der Waals surface area contributed by atoms with Gasteiger partial charge in [-0.2, -0.15) is 0 Å². The lowest BCUT2D eigenvalue weighted by Crippen LogP contribution is -2.43. The van der Waals surface area contributed by atoms with Crippen LogP contribution in [0, 0.1) is 11.6 Å². The van der Waals surface area contributed by atoms with Crippen molar-refractivity contribution in [1.82, 2.24) is 20.1 Å². The molecule has 0 unspecified atom stereocenters. The molecule has 5 nitrogen and oxygen atoms in total. The van der Waals surface area contributed by atoms with Crippen LogP contribution in [0.5, 0.6) is 0 Å². The number of halogens is 2. The molecule has 1 aromatic heterocycles. The van der Waals surface area contributed by atoms with Gasteiger partial charge in [-0.3, -0.25) is 4.79 Å². The van der Waals surface area contributed by atoms with Gasteiger partial charge in [0.15, 0.2) is 11.6 Å². The third kappa shape index (κ3) is 5.26. The Morgan fingerprint density at radius 1 is 1.12 bits per heavy atom. The molecule has 2 aromatic carbocycles. The van der Waals surface area contributed by atoms with E-state index < -0.39 is 11.6 Å². The van der Waals surface area contributed by atoms with Gasteiger partial charge in [-0.05, 0) is 56.3 Å². The van der Waals surface area contributed by atoms with Crippen molar-refractivity contribution in [3.63, 3.8) is 0 Å². The zero-order chi connectivity index (χ0) is 24.1. The van der Waals surface area contributed by atoms with Gasteiger partial charge in [0.2, 0.25) is 0 Å². The van der Waals surface area contributed by atoms with Crippen LogP contribution in [0.4, 0.5) is 8.78 Å². The third-order valence-electron chi connectivity index (χ3n) is 6.68. The summed E-state index contributed by atoms with van der Waals surface area (Å²) in [7, 11) is 0. The molecule has 0 bridgehead atoms. The zero-order valence-electron chi connectivity index (χ0n) is 19.9. The van der Waals surface area contributed by atoms with Gasteiger partial charge in [-0.25, -0.2) is 13.8 Å². The lowest BCUT2D eigenvalue weighted by Gasteiger charge is -2.26. The first kappa shape index (κ1) is 24.2. The van der Waals surface area contributed by atoms with Crippen molar-refractivity contribution >= 4 is 16.8 Å². The summed E-state index contributed by atoms with van der Waals surface area (Å²) in [6, 6.07) is 13.0. The highest BCUT2D eigenvalue weighted by molar-refractivity contribution is 6.07. The van der Waals surface area contributed by atoms with Crippen molar-refractivity contribution in [3.05, 3.63) is 65.7 Å². The van der Waals surface area contributed by atoms with Gasteiger partial charge in [0.25, 0.3) is 5.91 Å². The smallest absolute Gasteiger partial charge is 0.254 e. The highest BCUT2D eigenvalue weighted by Crippen LogP contribution is 2.29. The van der Waals surface area contributed by atoms with Crippen LogP contribution >= 0.6 is 0 Å². The molecular weight excluding hydrogens is 434 g/mol. The number of fused-ring (bicyclic) bond motifs is 1. The molecule has 34 heavy (non-hydrogen) atoms. The van der Waals surface area contributed by atoms with E-state index >= 15 is 0 Å². The Morgan fingerprint density at radius 3 is 2.68 bits per heavy atom. The number of aromatic nitrogens is 1. The number of para-hydroxylation sites is 1. The predicted molar refractivity (Wildman–Crippen MR) is 132 cm³/mol. The van der Waals surface area contributed by atoms with E-state index in [0.717, 1.165) is 63.1 Å². The number of likely N-dealkylation sites (tertiary alicyclic amines) is 1. The monoisotopic (exact) mass is 466 g/mol. The van der Waals surface area contributed by atoms with Crippen LogP contribution in [0.1, 0.15) is 37.0 Å². The SMILES string of the molecule is CCN(CC)CCNC[C@H]1CCCN1C(=O)c1cc(-c2ccc(F)c(F)c2)nc2ccccc12. The van der Waals surface area contributed by atoms with E-state index in [1.165, 1.54) is 6.07 Å². The second kappa shape index (κ2) is 11.0. The Bertz CT molecular complexity index is 1150. The molecule has 1 fully saturated rings. The molecule has 1 aliphatic rings. The Labute approximate surface area is 199 Å². The number of nitrogens with zero attached hydrogens (tertiary/aromatic N) is 3. The fourth-order valence-electron chi connectivity index (χ4n) is 4.67. The highest BCUT2D eigenvalue weighted by Gasteiger charge is 2.30. The summed E-state index contributed by atoms with van der Waals surface area (Å²) < 4.78 is 27.4. The second-order valence-corrected chi connectivity index (χ2v) is 8.73. The van der Waals surface area contributed by atoms with Gasteiger partial charge < -0.3 is 15.1 Å². The van der Waals surface area contributed by atoms with Crippen LogP contribution in [-0.4, -0.2) is 66.0 Å². The maximum atomic E-state index is 13.9. The second-order valence-electron chi connectivity index (χ2n) is 8.73. The molecule has 3 aromatic rings. The van der Waals surface area contributed by atoms with E-state index in [1.807, 2.05) is 29.2 Å². The molecular formula is C27H32F2N4O. The normalized spacial score (nSPS) is 16.0. The molecule has 2 heterocycles. The van der Waals surface area contributed by atoms with Crippen molar-refractivity contribution in [2.75, 3.05) is 39.3 Å². The molecule has 180 valence electrons. The maximum absolute atomic E-state index is 13.9.